The Morgan fingerprint density at radius 1 is 1.77 bits per heavy atom. The third kappa shape index (κ3) is 2.42. The zero-order valence-corrected chi connectivity index (χ0v) is 7.87. The molecule has 1 fully saturated rings. The molecule has 1 atom stereocenters. The number of piperazine rings is 1. The highest BCUT2D eigenvalue weighted by Gasteiger charge is 2.26. The van der Waals surface area contributed by atoms with Gasteiger partial charge < -0.3 is 15.0 Å². The van der Waals surface area contributed by atoms with Gasteiger partial charge in [-0.3, -0.25) is 9.59 Å². The summed E-state index contributed by atoms with van der Waals surface area (Å²) in [5.41, 5.74) is 0. The fourth-order valence-electron chi connectivity index (χ4n) is 1.26. The summed E-state index contributed by atoms with van der Waals surface area (Å²) in [7, 11) is 1.32. The number of carbonyl (C=O) groups excluding carboxylic acids is 2. The maximum absolute atomic E-state index is 11.4. The van der Waals surface area contributed by atoms with Gasteiger partial charge in [-0.25, -0.2) is 0 Å². The van der Waals surface area contributed by atoms with Crippen LogP contribution < -0.4 is 5.32 Å². The molecular weight excluding hydrogens is 172 g/mol. The van der Waals surface area contributed by atoms with Crippen LogP contribution in [0.4, 0.5) is 0 Å². The number of carbonyl (C=O) groups is 2. The molecule has 1 aliphatic heterocycles. The molecule has 0 aliphatic carbocycles. The lowest BCUT2D eigenvalue weighted by Crippen LogP contribution is -2.54. The van der Waals surface area contributed by atoms with Crippen LogP contribution in [-0.2, 0) is 14.3 Å². The summed E-state index contributed by atoms with van der Waals surface area (Å²) in [4.78, 5) is 23.8. The molecule has 0 radical (unpaired) electrons. The second-order valence-corrected chi connectivity index (χ2v) is 3.01. The van der Waals surface area contributed by atoms with E-state index in [1.807, 2.05) is 0 Å². The van der Waals surface area contributed by atoms with Crippen molar-refractivity contribution >= 4 is 11.9 Å². The van der Waals surface area contributed by atoms with E-state index in [9.17, 15) is 9.59 Å². The lowest BCUT2D eigenvalue weighted by Gasteiger charge is -2.30. The predicted molar refractivity (Wildman–Crippen MR) is 46.1 cm³/mol. The molecular formula is C8H14N2O3. The maximum atomic E-state index is 11.4. The van der Waals surface area contributed by atoms with E-state index in [2.05, 4.69) is 10.1 Å². The molecule has 1 heterocycles. The van der Waals surface area contributed by atoms with Crippen molar-refractivity contribution in [1.29, 1.82) is 0 Å². The van der Waals surface area contributed by atoms with Crippen LogP contribution in [0.15, 0.2) is 0 Å². The lowest BCUT2D eigenvalue weighted by atomic mass is 10.2. The average molecular weight is 186 g/mol. The largest absolute Gasteiger partial charge is 0.468 e. The van der Waals surface area contributed by atoms with E-state index in [0.29, 0.717) is 6.54 Å². The van der Waals surface area contributed by atoms with Gasteiger partial charge in [0.1, 0.15) is 6.54 Å². The molecule has 5 nitrogen and oxygen atoms in total. The van der Waals surface area contributed by atoms with Crippen molar-refractivity contribution in [2.45, 2.75) is 13.0 Å². The normalized spacial score (nSPS) is 23.1. The van der Waals surface area contributed by atoms with Crippen LogP contribution in [0.25, 0.3) is 0 Å². The van der Waals surface area contributed by atoms with Gasteiger partial charge in [-0.1, -0.05) is 0 Å². The summed E-state index contributed by atoms with van der Waals surface area (Å²) in [5.74, 6) is -0.417. The zero-order valence-electron chi connectivity index (χ0n) is 7.87. The summed E-state index contributed by atoms with van der Waals surface area (Å²) in [5, 5.41) is 3.01. The minimum Gasteiger partial charge on any atom is -0.468 e. The Morgan fingerprint density at radius 3 is 3.08 bits per heavy atom. The van der Waals surface area contributed by atoms with Crippen LogP contribution in [0, 0.1) is 0 Å². The molecule has 13 heavy (non-hydrogen) atoms. The van der Waals surface area contributed by atoms with Crippen LogP contribution in [-0.4, -0.2) is 49.6 Å². The lowest BCUT2D eigenvalue weighted by molar-refractivity contribution is -0.148. The molecule has 1 rings (SSSR count). The van der Waals surface area contributed by atoms with Gasteiger partial charge in [0.05, 0.1) is 13.2 Å². The molecule has 0 unspecified atom stereocenters. The molecule has 1 aliphatic rings. The van der Waals surface area contributed by atoms with Crippen molar-refractivity contribution in [3.05, 3.63) is 0 Å². The number of rotatable bonds is 2. The van der Waals surface area contributed by atoms with E-state index in [1.54, 1.807) is 6.92 Å². The fourth-order valence-corrected chi connectivity index (χ4v) is 1.26. The Kier molecular flexibility index (Phi) is 3.25. The topological polar surface area (TPSA) is 58.6 Å². The van der Waals surface area contributed by atoms with E-state index in [0.717, 1.165) is 6.54 Å². The summed E-state index contributed by atoms with van der Waals surface area (Å²) >= 11 is 0. The molecule has 0 aromatic carbocycles. The third-order valence-corrected chi connectivity index (χ3v) is 2.06. The van der Waals surface area contributed by atoms with Gasteiger partial charge in [0.25, 0.3) is 0 Å². The highest BCUT2D eigenvalue weighted by atomic mass is 16.5. The quantitative estimate of drug-likeness (QED) is 0.561. The molecule has 74 valence electrons. The van der Waals surface area contributed by atoms with E-state index in [4.69, 9.17) is 0 Å². The van der Waals surface area contributed by atoms with Gasteiger partial charge in [0.2, 0.25) is 5.91 Å². The molecule has 0 aromatic rings. The number of esters is 1. The van der Waals surface area contributed by atoms with Crippen molar-refractivity contribution in [3.63, 3.8) is 0 Å². The third-order valence-electron chi connectivity index (χ3n) is 2.06. The Balaban J connectivity index is 2.49. The zero-order chi connectivity index (χ0) is 9.84. The van der Waals surface area contributed by atoms with Gasteiger partial charge >= 0.3 is 5.97 Å². The minimum atomic E-state index is -0.373. The highest BCUT2D eigenvalue weighted by molar-refractivity contribution is 5.86. The number of hydrogen-bond donors (Lipinski definition) is 1. The van der Waals surface area contributed by atoms with E-state index < -0.39 is 0 Å². The van der Waals surface area contributed by atoms with Crippen molar-refractivity contribution in [2.24, 2.45) is 0 Å². The monoisotopic (exact) mass is 186 g/mol. The molecule has 1 saturated heterocycles. The summed E-state index contributed by atoms with van der Waals surface area (Å²) < 4.78 is 4.48. The van der Waals surface area contributed by atoms with Gasteiger partial charge in [0, 0.05) is 13.1 Å². The number of nitrogens with zero attached hydrogens (tertiary/aromatic N) is 1. The van der Waals surface area contributed by atoms with Crippen LogP contribution in [0.5, 0.6) is 0 Å². The van der Waals surface area contributed by atoms with Crippen LogP contribution in [0.2, 0.25) is 0 Å². The Morgan fingerprint density at radius 2 is 2.46 bits per heavy atom. The smallest absolute Gasteiger partial charge is 0.325 e. The van der Waals surface area contributed by atoms with Crippen molar-refractivity contribution in [2.75, 3.05) is 26.7 Å². The second-order valence-electron chi connectivity index (χ2n) is 3.01. The SMILES string of the molecule is COC(=O)CN1CCN[C@H](C)C1=O. The van der Waals surface area contributed by atoms with E-state index in [-0.39, 0.29) is 24.5 Å². The van der Waals surface area contributed by atoms with Crippen molar-refractivity contribution in [3.8, 4) is 0 Å². The Hall–Kier alpha value is -1.10. The first-order valence-corrected chi connectivity index (χ1v) is 4.24. The summed E-state index contributed by atoms with van der Waals surface area (Å²) in [6, 6.07) is -0.196. The highest BCUT2D eigenvalue weighted by Crippen LogP contribution is 2.00. The molecule has 0 bridgehead atoms. The number of hydrogen-bond acceptors (Lipinski definition) is 4. The molecule has 1 N–H and O–H groups in total. The van der Waals surface area contributed by atoms with Crippen molar-refractivity contribution in [1.82, 2.24) is 10.2 Å². The first-order valence-electron chi connectivity index (χ1n) is 4.24. The molecule has 0 saturated carbocycles. The summed E-state index contributed by atoms with van der Waals surface area (Å²) in [6.07, 6.45) is 0. The number of nitrogens with one attached hydrogen (secondary N) is 1. The summed E-state index contributed by atoms with van der Waals surface area (Å²) in [6.45, 7) is 3.13. The molecule has 1 amide bonds. The van der Waals surface area contributed by atoms with Crippen LogP contribution in [0.3, 0.4) is 0 Å². The van der Waals surface area contributed by atoms with Gasteiger partial charge in [-0.15, -0.1) is 0 Å². The van der Waals surface area contributed by atoms with Gasteiger partial charge in [-0.05, 0) is 6.92 Å². The first kappa shape index (κ1) is 9.98. The van der Waals surface area contributed by atoms with Gasteiger partial charge in [0.15, 0.2) is 0 Å². The first-order chi connectivity index (χ1) is 6.15. The Labute approximate surface area is 77.0 Å². The van der Waals surface area contributed by atoms with Gasteiger partial charge in [-0.2, -0.15) is 0 Å². The number of ether oxygens (including phenoxy) is 1. The molecule has 5 heteroatoms. The molecule has 0 spiro atoms. The predicted octanol–water partition coefficient (Wildman–Crippen LogP) is -1.02. The van der Waals surface area contributed by atoms with Crippen molar-refractivity contribution < 1.29 is 14.3 Å². The van der Waals surface area contributed by atoms with Crippen LogP contribution in [0.1, 0.15) is 6.92 Å². The van der Waals surface area contributed by atoms with Crippen LogP contribution >= 0.6 is 0 Å². The van der Waals surface area contributed by atoms with E-state index in [1.165, 1.54) is 12.0 Å². The standard InChI is InChI=1S/C8H14N2O3/c1-6-8(12)10(4-3-9-6)5-7(11)13-2/h6,9H,3-5H2,1-2H3/t6-/m1/s1. The average Bonchev–Trinajstić information content (AvgIpc) is 2.13. The number of methoxy groups -OCH3 is 1. The number of amides is 1. The van der Waals surface area contributed by atoms with E-state index >= 15 is 0 Å². The molecule has 0 aromatic heterocycles. The second kappa shape index (κ2) is 4.23. The maximum Gasteiger partial charge on any atom is 0.325 e. The minimum absolute atomic E-state index is 0.0448. The Bertz CT molecular complexity index is 217. The fraction of sp³-hybridized carbons (Fsp3) is 0.750.